The van der Waals surface area contributed by atoms with E-state index in [2.05, 4.69) is 188 Å². The average Bonchev–Trinajstić information content (AvgIpc) is 3.65. The number of nitrogens with zero attached hydrogens (tertiary/aromatic N) is 3. The molecule has 1 heterocycles. The van der Waals surface area contributed by atoms with Crippen molar-refractivity contribution in [1.29, 1.82) is 0 Å². The molecule has 0 atom stereocenters. The fourth-order valence-corrected chi connectivity index (χ4v) is 7.83. The van der Waals surface area contributed by atoms with E-state index in [0.29, 0.717) is 18.2 Å². The van der Waals surface area contributed by atoms with Crippen LogP contribution in [0.1, 0.15) is 16.7 Å². The summed E-state index contributed by atoms with van der Waals surface area (Å²) in [5.74, 6) is 1.09. The number of furan rings is 1. The van der Waals surface area contributed by atoms with Gasteiger partial charge in [0.05, 0.1) is 6.54 Å². The second-order valence-corrected chi connectivity index (χ2v) is 14.1. The zero-order valence-electron chi connectivity index (χ0n) is 30.6. The SMILES string of the molecule is C=N/C(=N\C(=N/Cc1cccc2oc3cc(-c4ccc5ccccc5c4)ccc3c12)c1ccc2ccccc2c1)c1ccc(-c2cccc3ccccc23)cc1. The molecule has 0 saturated carbocycles. The molecular formula is C52H35N3O. The van der Waals surface area contributed by atoms with Crippen molar-refractivity contribution in [3.05, 3.63) is 205 Å². The first-order valence-corrected chi connectivity index (χ1v) is 18.8. The topological polar surface area (TPSA) is 50.2 Å². The first-order valence-electron chi connectivity index (χ1n) is 18.8. The first kappa shape index (κ1) is 33.2. The lowest BCUT2D eigenvalue weighted by molar-refractivity contribution is 0.669. The minimum atomic E-state index is 0.397. The van der Waals surface area contributed by atoms with Crippen molar-refractivity contribution < 1.29 is 4.42 Å². The van der Waals surface area contributed by atoms with Gasteiger partial charge in [0.1, 0.15) is 11.2 Å². The Hall–Kier alpha value is -7.43. The van der Waals surface area contributed by atoms with Gasteiger partial charge in [0.2, 0.25) is 0 Å². The van der Waals surface area contributed by atoms with E-state index in [1.807, 2.05) is 12.1 Å². The van der Waals surface area contributed by atoms with Crippen molar-refractivity contribution in [1.82, 2.24) is 0 Å². The quantitative estimate of drug-likeness (QED) is 0.125. The smallest absolute Gasteiger partial charge is 0.161 e. The van der Waals surface area contributed by atoms with Crippen molar-refractivity contribution in [2.75, 3.05) is 0 Å². The normalized spacial score (nSPS) is 12.3. The molecule has 264 valence electrons. The molecule has 0 aliphatic rings. The van der Waals surface area contributed by atoms with Gasteiger partial charge in [-0.05, 0) is 97.2 Å². The molecule has 9 aromatic carbocycles. The number of fused-ring (bicyclic) bond motifs is 6. The Kier molecular flexibility index (Phi) is 8.34. The molecule has 1 aromatic heterocycles. The molecule has 0 aliphatic carbocycles. The monoisotopic (exact) mass is 717 g/mol. The Balaban J connectivity index is 1.04. The number of rotatable bonds is 6. The molecule has 0 spiro atoms. The first-order chi connectivity index (χ1) is 27.7. The summed E-state index contributed by atoms with van der Waals surface area (Å²) in [5, 5.41) is 9.26. The summed E-state index contributed by atoms with van der Waals surface area (Å²) in [6.45, 7) is 4.33. The van der Waals surface area contributed by atoms with Crippen LogP contribution in [0.2, 0.25) is 0 Å². The molecule has 0 amide bonds. The predicted molar refractivity (Wildman–Crippen MR) is 236 cm³/mol. The molecule has 4 nitrogen and oxygen atoms in total. The van der Waals surface area contributed by atoms with Crippen LogP contribution in [-0.2, 0) is 6.54 Å². The van der Waals surface area contributed by atoms with Gasteiger partial charge in [0.15, 0.2) is 11.7 Å². The maximum Gasteiger partial charge on any atom is 0.161 e. The van der Waals surface area contributed by atoms with E-state index in [1.54, 1.807) is 0 Å². The van der Waals surface area contributed by atoms with Gasteiger partial charge >= 0.3 is 0 Å². The number of hydrogen-bond donors (Lipinski definition) is 0. The molecule has 0 saturated heterocycles. The van der Waals surface area contributed by atoms with Gasteiger partial charge in [-0.25, -0.2) is 9.98 Å². The summed E-state index contributed by atoms with van der Waals surface area (Å²) in [7, 11) is 0. The molecule has 0 aliphatic heterocycles. The molecule has 56 heavy (non-hydrogen) atoms. The lowest BCUT2D eigenvalue weighted by atomic mass is 9.97. The summed E-state index contributed by atoms with van der Waals surface area (Å²) >= 11 is 0. The van der Waals surface area contributed by atoms with Gasteiger partial charge in [0, 0.05) is 21.9 Å². The minimum Gasteiger partial charge on any atom is -0.456 e. The molecule has 0 bridgehead atoms. The maximum absolute atomic E-state index is 6.49. The summed E-state index contributed by atoms with van der Waals surface area (Å²) in [4.78, 5) is 14.8. The van der Waals surface area contributed by atoms with Crippen LogP contribution in [0.5, 0.6) is 0 Å². The van der Waals surface area contributed by atoms with E-state index in [0.717, 1.165) is 66.1 Å². The van der Waals surface area contributed by atoms with E-state index in [9.17, 15) is 0 Å². The number of benzene rings is 9. The highest BCUT2D eigenvalue weighted by molar-refractivity contribution is 6.14. The summed E-state index contributed by atoms with van der Waals surface area (Å²) in [6.07, 6.45) is 0. The molecular weight excluding hydrogens is 683 g/mol. The van der Waals surface area contributed by atoms with Crippen LogP contribution in [-0.4, -0.2) is 18.4 Å². The Labute approximate surface area is 324 Å². The van der Waals surface area contributed by atoms with Crippen LogP contribution in [0.25, 0.3) is 76.5 Å². The highest BCUT2D eigenvalue weighted by Crippen LogP contribution is 2.36. The predicted octanol–water partition coefficient (Wildman–Crippen LogP) is 13.5. The molecule has 0 fully saturated rings. The van der Waals surface area contributed by atoms with Gasteiger partial charge in [-0.15, -0.1) is 0 Å². The Bertz CT molecular complexity index is 3180. The van der Waals surface area contributed by atoms with Crippen LogP contribution < -0.4 is 0 Å². The number of amidine groups is 2. The third kappa shape index (κ3) is 6.13. The summed E-state index contributed by atoms with van der Waals surface area (Å²) < 4.78 is 6.49. The van der Waals surface area contributed by atoms with Gasteiger partial charge in [0.25, 0.3) is 0 Å². The Morgan fingerprint density at radius 3 is 1.88 bits per heavy atom. The van der Waals surface area contributed by atoms with E-state index in [4.69, 9.17) is 14.4 Å². The zero-order chi connectivity index (χ0) is 37.4. The van der Waals surface area contributed by atoms with Crippen molar-refractivity contribution in [3.63, 3.8) is 0 Å². The molecule has 4 heteroatoms. The largest absolute Gasteiger partial charge is 0.456 e. The van der Waals surface area contributed by atoms with Gasteiger partial charge in [-0.2, -0.15) is 0 Å². The van der Waals surface area contributed by atoms with Crippen molar-refractivity contribution >= 4 is 72.6 Å². The van der Waals surface area contributed by atoms with Crippen molar-refractivity contribution in [2.45, 2.75) is 6.54 Å². The van der Waals surface area contributed by atoms with E-state index in [1.165, 1.54) is 27.1 Å². The van der Waals surface area contributed by atoms with E-state index >= 15 is 0 Å². The Morgan fingerprint density at radius 2 is 1.07 bits per heavy atom. The van der Waals surface area contributed by atoms with Crippen molar-refractivity contribution in [2.24, 2.45) is 15.0 Å². The maximum atomic E-state index is 6.49. The lowest BCUT2D eigenvalue weighted by Gasteiger charge is -2.10. The van der Waals surface area contributed by atoms with Crippen LogP contribution in [0.4, 0.5) is 0 Å². The minimum absolute atomic E-state index is 0.397. The lowest BCUT2D eigenvalue weighted by Crippen LogP contribution is -2.06. The fourth-order valence-electron chi connectivity index (χ4n) is 7.83. The zero-order valence-corrected chi connectivity index (χ0v) is 30.6. The average molecular weight is 718 g/mol. The van der Waals surface area contributed by atoms with E-state index in [-0.39, 0.29) is 0 Å². The number of aliphatic imine (C=N–C) groups is 3. The Morgan fingerprint density at radius 1 is 0.446 bits per heavy atom. The third-order valence-corrected chi connectivity index (χ3v) is 10.7. The van der Waals surface area contributed by atoms with Crippen molar-refractivity contribution in [3.8, 4) is 22.3 Å². The molecule has 0 N–H and O–H groups in total. The van der Waals surface area contributed by atoms with Gasteiger partial charge < -0.3 is 4.42 Å². The summed E-state index contributed by atoms with van der Waals surface area (Å²) in [5.41, 5.74) is 9.09. The van der Waals surface area contributed by atoms with Crippen LogP contribution >= 0.6 is 0 Å². The molecule has 0 radical (unpaired) electrons. The van der Waals surface area contributed by atoms with E-state index < -0.39 is 0 Å². The third-order valence-electron chi connectivity index (χ3n) is 10.7. The summed E-state index contributed by atoms with van der Waals surface area (Å²) in [6, 6.07) is 65.6. The second kappa shape index (κ2) is 14.1. The second-order valence-electron chi connectivity index (χ2n) is 14.1. The molecule has 10 aromatic rings. The van der Waals surface area contributed by atoms with Crippen LogP contribution in [0.15, 0.2) is 207 Å². The molecule has 0 unspecified atom stereocenters. The highest BCUT2D eigenvalue weighted by atomic mass is 16.3. The highest BCUT2D eigenvalue weighted by Gasteiger charge is 2.14. The number of hydrogen-bond acceptors (Lipinski definition) is 2. The van der Waals surface area contributed by atoms with Gasteiger partial charge in [-0.1, -0.05) is 158 Å². The fraction of sp³-hybridized carbons (Fsp3) is 0.0192. The standard InChI is InChI=1S/C52H35N3O/c1-53-51(38-24-22-37(23-25-38)46-18-8-15-36-12-6-7-17-45(36)46)55-52(43-27-21-35-11-3-5-14-40(35)31-43)54-33-44-16-9-19-48-50(44)47-29-28-42(32-49(47)56-48)41-26-20-34-10-2-4-13-39(34)30-41/h2-32H,1,33H2/b54-52-,55-51-. The molecule has 10 rings (SSSR count). The van der Waals surface area contributed by atoms with Crippen LogP contribution in [0.3, 0.4) is 0 Å². The van der Waals surface area contributed by atoms with Gasteiger partial charge in [-0.3, -0.25) is 4.99 Å². The van der Waals surface area contributed by atoms with Crippen LogP contribution in [0, 0.1) is 0 Å².